The molecule has 0 unspecified atom stereocenters. The largest absolute Gasteiger partial charge is 0.508 e. The molecule has 1 saturated heterocycles. The molecular formula is C13H19BN2O5. The second kappa shape index (κ2) is 4.97. The summed E-state index contributed by atoms with van der Waals surface area (Å²) in [6.07, 6.45) is 0. The second-order valence-corrected chi connectivity index (χ2v) is 6.15. The van der Waals surface area contributed by atoms with Crippen LogP contribution in [-0.4, -0.2) is 28.4 Å². The lowest BCUT2D eigenvalue weighted by molar-refractivity contribution is -0.385. The van der Waals surface area contributed by atoms with Crippen molar-refractivity contribution in [2.45, 2.75) is 44.8 Å². The van der Waals surface area contributed by atoms with Gasteiger partial charge in [0.05, 0.1) is 22.1 Å². The van der Waals surface area contributed by atoms with E-state index in [0.717, 1.165) is 0 Å². The minimum Gasteiger partial charge on any atom is -0.508 e. The monoisotopic (exact) mass is 294 g/mol. The van der Waals surface area contributed by atoms with E-state index in [-0.39, 0.29) is 17.0 Å². The number of phenolic OH excluding ortho intramolecular Hbond substituents is 1. The molecular weight excluding hydrogens is 275 g/mol. The second-order valence-electron chi connectivity index (χ2n) is 6.15. The zero-order valence-corrected chi connectivity index (χ0v) is 12.5. The molecule has 0 aromatic heterocycles. The maximum atomic E-state index is 11.1. The molecule has 1 fully saturated rings. The van der Waals surface area contributed by atoms with E-state index in [9.17, 15) is 15.2 Å². The maximum Gasteiger partial charge on any atom is 0.480 e. The number of nitro benzene ring substituents is 1. The van der Waals surface area contributed by atoms with Crippen molar-refractivity contribution in [1.82, 2.24) is 0 Å². The van der Waals surface area contributed by atoms with Crippen molar-refractivity contribution in [3.8, 4) is 5.75 Å². The summed E-state index contributed by atoms with van der Waals surface area (Å²) < 4.78 is 11.6. The molecule has 1 aromatic carbocycles. The van der Waals surface area contributed by atoms with Crippen LogP contribution in [0.4, 0.5) is 5.69 Å². The molecule has 0 bridgehead atoms. The third-order valence-electron chi connectivity index (χ3n) is 4.13. The Morgan fingerprint density at radius 1 is 1.29 bits per heavy atom. The molecule has 114 valence electrons. The van der Waals surface area contributed by atoms with Gasteiger partial charge in [-0.25, -0.2) is 0 Å². The van der Waals surface area contributed by atoms with E-state index in [1.54, 1.807) is 0 Å². The summed E-state index contributed by atoms with van der Waals surface area (Å²) in [5, 5.41) is 20.7. The Hall–Kier alpha value is -1.64. The van der Waals surface area contributed by atoms with Crippen LogP contribution in [-0.2, 0) is 9.31 Å². The number of rotatable bonds is 3. The van der Waals surface area contributed by atoms with Crippen LogP contribution in [0.25, 0.3) is 0 Å². The van der Waals surface area contributed by atoms with Crippen molar-refractivity contribution in [2.24, 2.45) is 5.73 Å². The average Bonchev–Trinajstić information content (AvgIpc) is 2.57. The standard InChI is InChI=1S/C13H19BN2O5/c1-12(2)13(3,4)21-14(20-12)11(15)9-7-8(17)5-6-10(9)16(18)19/h5-7,11,17H,15H2,1-4H3/t11-/m0/s1. The highest BCUT2D eigenvalue weighted by atomic mass is 16.7. The summed E-state index contributed by atoms with van der Waals surface area (Å²) in [5.41, 5.74) is 4.93. The summed E-state index contributed by atoms with van der Waals surface area (Å²) in [6.45, 7) is 7.49. The molecule has 0 spiro atoms. The van der Waals surface area contributed by atoms with Crippen LogP contribution in [0.15, 0.2) is 18.2 Å². The number of nitrogens with zero attached hydrogens (tertiary/aromatic N) is 1. The van der Waals surface area contributed by atoms with Gasteiger partial charge in [0, 0.05) is 11.6 Å². The first-order valence-corrected chi connectivity index (χ1v) is 6.64. The minimum absolute atomic E-state index is 0.0948. The van der Waals surface area contributed by atoms with Crippen molar-refractivity contribution in [3.05, 3.63) is 33.9 Å². The highest BCUT2D eigenvalue weighted by Crippen LogP contribution is 2.41. The molecule has 1 aliphatic heterocycles. The first-order chi connectivity index (χ1) is 9.55. The fraction of sp³-hybridized carbons (Fsp3) is 0.538. The molecule has 3 N–H and O–H groups in total. The third kappa shape index (κ3) is 2.74. The Labute approximate surface area is 123 Å². The van der Waals surface area contributed by atoms with Crippen LogP contribution in [0, 0.1) is 10.1 Å². The zero-order chi connectivity index (χ0) is 16.0. The lowest BCUT2D eigenvalue weighted by Crippen LogP contribution is -2.41. The van der Waals surface area contributed by atoms with Crippen LogP contribution >= 0.6 is 0 Å². The highest BCUT2D eigenvalue weighted by Gasteiger charge is 2.54. The van der Waals surface area contributed by atoms with Crippen molar-refractivity contribution in [1.29, 1.82) is 0 Å². The van der Waals surface area contributed by atoms with Gasteiger partial charge in [0.2, 0.25) is 0 Å². The molecule has 0 aliphatic carbocycles. The van der Waals surface area contributed by atoms with Gasteiger partial charge in [-0.15, -0.1) is 0 Å². The average molecular weight is 294 g/mol. The van der Waals surface area contributed by atoms with E-state index in [0.29, 0.717) is 0 Å². The van der Waals surface area contributed by atoms with Gasteiger partial charge in [-0.2, -0.15) is 0 Å². The van der Waals surface area contributed by atoms with E-state index in [2.05, 4.69) is 0 Å². The Balaban J connectivity index is 2.36. The van der Waals surface area contributed by atoms with E-state index >= 15 is 0 Å². The number of nitrogens with two attached hydrogens (primary N) is 1. The molecule has 0 radical (unpaired) electrons. The van der Waals surface area contributed by atoms with Crippen molar-refractivity contribution < 1.29 is 19.3 Å². The Morgan fingerprint density at radius 2 is 1.81 bits per heavy atom. The van der Waals surface area contributed by atoms with Crippen LogP contribution in [0.2, 0.25) is 0 Å². The summed E-state index contributed by atoms with van der Waals surface area (Å²) in [7, 11) is -0.824. The number of hydrogen-bond acceptors (Lipinski definition) is 6. The van der Waals surface area contributed by atoms with E-state index in [1.165, 1.54) is 18.2 Å². The van der Waals surface area contributed by atoms with Gasteiger partial charge in [-0.05, 0) is 39.8 Å². The van der Waals surface area contributed by atoms with Crippen LogP contribution in [0.5, 0.6) is 5.75 Å². The zero-order valence-electron chi connectivity index (χ0n) is 12.5. The van der Waals surface area contributed by atoms with E-state index in [1.807, 2.05) is 27.7 Å². The minimum atomic E-state index is -0.876. The molecule has 1 aromatic rings. The van der Waals surface area contributed by atoms with Gasteiger partial charge in [0.15, 0.2) is 0 Å². The van der Waals surface area contributed by atoms with E-state index in [4.69, 9.17) is 15.0 Å². The molecule has 8 heteroatoms. The first-order valence-electron chi connectivity index (χ1n) is 6.64. The van der Waals surface area contributed by atoms with Crippen molar-refractivity contribution in [2.75, 3.05) is 0 Å². The fourth-order valence-electron chi connectivity index (χ4n) is 2.16. The molecule has 7 nitrogen and oxygen atoms in total. The maximum absolute atomic E-state index is 11.1. The van der Waals surface area contributed by atoms with Gasteiger partial charge in [0.25, 0.3) is 5.69 Å². The van der Waals surface area contributed by atoms with Gasteiger partial charge in [0.1, 0.15) is 5.75 Å². The van der Waals surface area contributed by atoms with Gasteiger partial charge in [-0.1, -0.05) is 0 Å². The van der Waals surface area contributed by atoms with Gasteiger partial charge < -0.3 is 20.1 Å². The summed E-state index contributed by atoms with van der Waals surface area (Å²) in [4.78, 5) is 10.6. The Morgan fingerprint density at radius 3 is 2.29 bits per heavy atom. The summed E-state index contributed by atoms with van der Waals surface area (Å²) in [5.74, 6) is -0.971. The molecule has 1 atom stereocenters. The smallest absolute Gasteiger partial charge is 0.480 e. The molecule has 0 saturated carbocycles. The lowest BCUT2D eigenvalue weighted by atomic mass is 9.74. The van der Waals surface area contributed by atoms with Gasteiger partial charge in [-0.3, -0.25) is 10.1 Å². The molecule has 0 amide bonds. The number of benzene rings is 1. The summed E-state index contributed by atoms with van der Waals surface area (Å²) >= 11 is 0. The SMILES string of the molecule is CC1(C)OB([C@@H](N)c2cc(O)ccc2[N+](=O)[O-])OC1(C)C. The highest BCUT2D eigenvalue weighted by molar-refractivity contribution is 6.47. The predicted molar refractivity (Wildman–Crippen MR) is 77.8 cm³/mol. The Kier molecular flexibility index (Phi) is 3.73. The summed E-state index contributed by atoms with van der Waals surface area (Å²) in [6, 6.07) is 3.74. The number of nitro groups is 1. The topological polar surface area (TPSA) is 108 Å². The molecule has 1 aliphatic rings. The molecule has 1 heterocycles. The van der Waals surface area contributed by atoms with Crippen LogP contribution in [0.3, 0.4) is 0 Å². The third-order valence-corrected chi connectivity index (χ3v) is 4.13. The van der Waals surface area contributed by atoms with Crippen molar-refractivity contribution >= 4 is 12.8 Å². The fourth-order valence-corrected chi connectivity index (χ4v) is 2.16. The molecule has 21 heavy (non-hydrogen) atoms. The predicted octanol–water partition coefficient (Wildman–Crippen LogP) is 1.93. The first kappa shape index (κ1) is 15.7. The lowest BCUT2D eigenvalue weighted by Gasteiger charge is -2.32. The number of phenols is 1. The van der Waals surface area contributed by atoms with Crippen LogP contribution in [0.1, 0.15) is 39.2 Å². The molecule has 2 rings (SSSR count). The van der Waals surface area contributed by atoms with E-state index < -0.39 is 29.2 Å². The van der Waals surface area contributed by atoms with Crippen molar-refractivity contribution in [3.63, 3.8) is 0 Å². The van der Waals surface area contributed by atoms with Crippen LogP contribution < -0.4 is 5.73 Å². The number of hydrogen-bond donors (Lipinski definition) is 2. The van der Waals surface area contributed by atoms with Gasteiger partial charge >= 0.3 is 7.12 Å². The normalized spacial score (nSPS) is 21.3. The Bertz CT molecular complexity index is 560. The quantitative estimate of drug-likeness (QED) is 0.501. The number of aromatic hydroxyl groups is 1.